The van der Waals surface area contributed by atoms with E-state index in [1.165, 1.54) is 6.26 Å². The van der Waals surface area contributed by atoms with Crippen LogP contribution in [-0.2, 0) is 20.3 Å². The Morgan fingerprint density at radius 3 is 2.50 bits per heavy atom. The SMILES string of the molecule is CCC[C@@H]1C[C@@H](C(=O)N[C@@H]([C@H]2O[C@H]([S@@](C)=O)[C@H](O)[C@@H](O)[C@H]2O)[C@@H](C)Cl)N(C)C1. The van der Waals surface area contributed by atoms with Crippen molar-refractivity contribution in [2.24, 2.45) is 5.92 Å². The van der Waals surface area contributed by atoms with Crippen LogP contribution in [0.3, 0.4) is 0 Å². The average molecular weight is 441 g/mol. The molecule has 0 radical (unpaired) electrons. The van der Waals surface area contributed by atoms with Crippen molar-refractivity contribution in [1.82, 2.24) is 10.2 Å². The third kappa shape index (κ3) is 5.24. The van der Waals surface area contributed by atoms with E-state index in [4.69, 9.17) is 16.3 Å². The van der Waals surface area contributed by atoms with Gasteiger partial charge in [0.25, 0.3) is 0 Å². The Balaban J connectivity index is 2.14. The summed E-state index contributed by atoms with van der Waals surface area (Å²) in [6.07, 6.45) is -1.41. The molecule has 0 bridgehead atoms. The molecule has 28 heavy (non-hydrogen) atoms. The third-order valence-corrected chi connectivity index (χ3v) is 7.04. The largest absolute Gasteiger partial charge is 0.388 e. The first kappa shape index (κ1) is 24.0. The van der Waals surface area contributed by atoms with E-state index < -0.39 is 52.1 Å². The number of carbonyl (C=O) groups excluding carboxylic acids is 1. The average Bonchev–Trinajstić information content (AvgIpc) is 2.98. The van der Waals surface area contributed by atoms with Crippen LogP contribution in [0.4, 0.5) is 0 Å². The number of amides is 1. The first-order valence-electron chi connectivity index (χ1n) is 9.75. The molecule has 0 saturated carbocycles. The number of likely N-dealkylation sites (N-methyl/N-ethyl adjacent to an activating group) is 1. The molecule has 10 heteroatoms. The molecule has 2 saturated heterocycles. The molecule has 10 atom stereocenters. The van der Waals surface area contributed by atoms with Gasteiger partial charge in [0, 0.05) is 12.8 Å². The molecule has 0 aromatic carbocycles. The summed E-state index contributed by atoms with van der Waals surface area (Å²) in [5.41, 5.74) is -1.18. The first-order valence-corrected chi connectivity index (χ1v) is 11.8. The van der Waals surface area contributed by atoms with E-state index in [2.05, 4.69) is 12.2 Å². The van der Waals surface area contributed by atoms with Gasteiger partial charge in [-0.15, -0.1) is 11.6 Å². The van der Waals surface area contributed by atoms with Gasteiger partial charge in [0.1, 0.15) is 24.4 Å². The molecule has 0 aromatic heterocycles. The Kier molecular flexibility index (Phi) is 8.69. The molecule has 0 unspecified atom stereocenters. The zero-order valence-electron chi connectivity index (χ0n) is 16.8. The lowest BCUT2D eigenvalue weighted by molar-refractivity contribution is -0.206. The summed E-state index contributed by atoms with van der Waals surface area (Å²) in [4.78, 5) is 14.9. The fourth-order valence-electron chi connectivity index (χ4n) is 4.19. The van der Waals surface area contributed by atoms with E-state index in [0.29, 0.717) is 5.92 Å². The number of alkyl halides is 1. The van der Waals surface area contributed by atoms with E-state index in [1.54, 1.807) is 6.92 Å². The maximum atomic E-state index is 12.9. The third-order valence-electron chi connectivity index (χ3n) is 5.73. The Labute approximate surface area is 174 Å². The fourth-order valence-corrected chi connectivity index (χ4v) is 5.24. The van der Waals surface area contributed by atoms with Gasteiger partial charge in [-0.05, 0) is 32.7 Å². The molecular weight excluding hydrogens is 408 g/mol. The van der Waals surface area contributed by atoms with Crippen molar-refractivity contribution in [2.75, 3.05) is 19.8 Å². The van der Waals surface area contributed by atoms with Crippen molar-refractivity contribution in [3.8, 4) is 0 Å². The number of hydrogen-bond donors (Lipinski definition) is 4. The van der Waals surface area contributed by atoms with Gasteiger partial charge in [-0.2, -0.15) is 0 Å². The second-order valence-corrected chi connectivity index (χ2v) is 10.1. The fraction of sp³-hybridized carbons (Fsp3) is 0.944. The van der Waals surface area contributed by atoms with Gasteiger partial charge in [-0.1, -0.05) is 13.3 Å². The van der Waals surface area contributed by atoms with Crippen molar-refractivity contribution in [1.29, 1.82) is 0 Å². The van der Waals surface area contributed by atoms with Crippen molar-refractivity contribution < 1.29 is 29.1 Å². The number of carbonyl (C=O) groups is 1. The minimum absolute atomic E-state index is 0.218. The van der Waals surface area contributed by atoms with Gasteiger partial charge < -0.3 is 25.4 Å². The molecule has 0 spiro atoms. The van der Waals surface area contributed by atoms with Crippen LogP contribution in [0.25, 0.3) is 0 Å². The van der Waals surface area contributed by atoms with Crippen molar-refractivity contribution in [3.05, 3.63) is 0 Å². The molecule has 2 aliphatic heterocycles. The minimum Gasteiger partial charge on any atom is -0.388 e. The van der Waals surface area contributed by atoms with Crippen LogP contribution in [0.5, 0.6) is 0 Å². The number of nitrogens with one attached hydrogen (secondary N) is 1. The second kappa shape index (κ2) is 10.1. The van der Waals surface area contributed by atoms with E-state index >= 15 is 0 Å². The number of likely N-dealkylation sites (tertiary alicyclic amines) is 1. The van der Waals surface area contributed by atoms with Crippen LogP contribution in [0.15, 0.2) is 0 Å². The lowest BCUT2D eigenvalue weighted by atomic mass is 9.92. The highest BCUT2D eigenvalue weighted by Crippen LogP contribution is 2.29. The van der Waals surface area contributed by atoms with Gasteiger partial charge >= 0.3 is 0 Å². The Bertz CT molecular complexity index is 568. The summed E-state index contributed by atoms with van der Waals surface area (Å²) >= 11 is 6.28. The normalized spacial score (nSPS) is 40.1. The predicted octanol–water partition coefficient (Wildman–Crippen LogP) is -0.595. The lowest BCUT2D eigenvalue weighted by Crippen LogP contribution is -2.66. The van der Waals surface area contributed by atoms with E-state index in [-0.39, 0.29) is 11.9 Å². The number of ether oxygens (including phenoxy) is 1. The molecule has 2 rings (SSSR count). The van der Waals surface area contributed by atoms with E-state index in [0.717, 1.165) is 25.8 Å². The molecule has 1 amide bonds. The lowest BCUT2D eigenvalue weighted by Gasteiger charge is -2.43. The molecule has 4 N–H and O–H groups in total. The van der Waals surface area contributed by atoms with Gasteiger partial charge in [-0.25, -0.2) is 0 Å². The molecule has 2 heterocycles. The van der Waals surface area contributed by atoms with Crippen molar-refractivity contribution >= 4 is 28.3 Å². The summed E-state index contributed by atoms with van der Waals surface area (Å²) in [7, 11) is 0.301. The van der Waals surface area contributed by atoms with Crippen LogP contribution >= 0.6 is 11.6 Å². The van der Waals surface area contributed by atoms with Gasteiger partial charge in [-0.3, -0.25) is 13.9 Å². The molecule has 2 aliphatic rings. The van der Waals surface area contributed by atoms with Gasteiger partial charge in [0.2, 0.25) is 5.91 Å². The topological polar surface area (TPSA) is 119 Å². The molecule has 164 valence electrons. The van der Waals surface area contributed by atoms with E-state index in [9.17, 15) is 24.3 Å². The number of hydrogen-bond acceptors (Lipinski definition) is 7. The highest BCUT2D eigenvalue weighted by molar-refractivity contribution is 7.84. The Hall–Kier alpha value is -0.290. The maximum Gasteiger partial charge on any atom is 0.237 e. The maximum absolute atomic E-state index is 12.9. The standard InChI is InChI=1S/C18H33ClN2O6S/c1-5-6-10-7-11(21(3)8-10)17(25)20-12(9(2)19)16-14(23)13(22)15(24)18(27-16)28(4)26/h9-16,18,22-24H,5-8H2,1-4H3,(H,20,25)/t9-,10-,11+,12-,13+,14-,15-,16-,18-,28-/m1/s1. The van der Waals surface area contributed by atoms with Gasteiger partial charge in [0.15, 0.2) is 5.44 Å². The number of aliphatic hydroxyl groups excluding tert-OH is 3. The zero-order valence-corrected chi connectivity index (χ0v) is 18.4. The number of aliphatic hydroxyl groups is 3. The number of halogens is 1. The van der Waals surface area contributed by atoms with Crippen LogP contribution in [0, 0.1) is 5.92 Å². The summed E-state index contributed by atoms with van der Waals surface area (Å²) in [6, 6.07) is -1.13. The van der Waals surface area contributed by atoms with Crippen LogP contribution in [-0.4, -0.2) is 97.5 Å². The van der Waals surface area contributed by atoms with Crippen LogP contribution in [0.2, 0.25) is 0 Å². The number of nitrogens with zero attached hydrogens (tertiary/aromatic N) is 1. The Morgan fingerprint density at radius 1 is 1.32 bits per heavy atom. The first-order chi connectivity index (χ1) is 13.1. The summed E-state index contributed by atoms with van der Waals surface area (Å²) in [5, 5.41) is 32.8. The van der Waals surface area contributed by atoms with Crippen molar-refractivity contribution in [3.63, 3.8) is 0 Å². The summed E-state index contributed by atoms with van der Waals surface area (Å²) in [5.74, 6) is 0.238. The van der Waals surface area contributed by atoms with Crippen molar-refractivity contribution in [2.45, 2.75) is 80.4 Å². The zero-order chi connectivity index (χ0) is 21.2. The number of rotatable bonds is 7. The van der Waals surface area contributed by atoms with E-state index in [1.807, 2.05) is 11.9 Å². The molecule has 0 aliphatic carbocycles. The molecule has 2 fully saturated rings. The van der Waals surface area contributed by atoms with Gasteiger partial charge in [0.05, 0.1) is 28.3 Å². The predicted molar refractivity (Wildman–Crippen MR) is 107 cm³/mol. The highest BCUT2D eigenvalue weighted by atomic mass is 35.5. The quantitative estimate of drug-likeness (QED) is 0.390. The molecule has 8 nitrogen and oxygen atoms in total. The smallest absolute Gasteiger partial charge is 0.237 e. The molecule has 0 aromatic rings. The van der Waals surface area contributed by atoms with Crippen LogP contribution < -0.4 is 5.32 Å². The minimum atomic E-state index is -1.60. The van der Waals surface area contributed by atoms with Crippen LogP contribution in [0.1, 0.15) is 33.1 Å². The monoisotopic (exact) mass is 440 g/mol. The summed E-state index contributed by atoms with van der Waals surface area (Å²) in [6.45, 7) is 4.61. The Morgan fingerprint density at radius 2 is 1.96 bits per heavy atom. The summed E-state index contributed by atoms with van der Waals surface area (Å²) < 4.78 is 17.5. The highest BCUT2D eigenvalue weighted by Gasteiger charge is 2.49. The molecular formula is C18H33ClN2O6S. The second-order valence-electron chi connectivity index (χ2n) is 8.00.